The Bertz CT molecular complexity index is 3560. The van der Waals surface area contributed by atoms with E-state index in [1.54, 1.807) is 11.3 Å². The molecule has 12 aromatic rings. The number of furan rings is 1. The summed E-state index contributed by atoms with van der Waals surface area (Å²) in [4.78, 5) is 15.9. The van der Waals surface area contributed by atoms with Crippen LogP contribution in [0.5, 0.6) is 0 Å². The maximum atomic E-state index is 6.49. The van der Waals surface area contributed by atoms with E-state index in [-0.39, 0.29) is 0 Å². The number of thiophene rings is 1. The summed E-state index contributed by atoms with van der Waals surface area (Å²) in [5, 5.41) is 11.4. The zero-order chi connectivity index (χ0) is 36.7. The lowest BCUT2D eigenvalue weighted by atomic mass is 9.92. The lowest BCUT2D eigenvalue weighted by Gasteiger charge is -2.14. The van der Waals surface area contributed by atoms with Crippen LogP contribution in [0.15, 0.2) is 180 Å². The van der Waals surface area contributed by atoms with Gasteiger partial charge in [-0.25, -0.2) is 15.0 Å². The second-order valence-electron chi connectivity index (χ2n) is 14.3. The van der Waals surface area contributed by atoms with Gasteiger partial charge in [-0.15, -0.1) is 11.3 Å². The Morgan fingerprint density at radius 2 is 0.857 bits per heavy atom. The van der Waals surface area contributed by atoms with Crippen molar-refractivity contribution in [1.82, 2.24) is 15.0 Å². The van der Waals surface area contributed by atoms with Gasteiger partial charge in [-0.3, -0.25) is 0 Å². The van der Waals surface area contributed by atoms with Crippen molar-refractivity contribution in [1.29, 1.82) is 0 Å². The number of fused-ring (bicyclic) bond motifs is 9. The molecule has 9 aromatic carbocycles. The van der Waals surface area contributed by atoms with Crippen LogP contribution >= 0.6 is 11.3 Å². The SMILES string of the molecule is c1ccc2cc3c(cc2c1)oc1cccc(-c2ccc(-c4nc(-c5cccc6ccccc56)nc(-c5cccc6sc7ccccc7c56)n4)c4ccccc24)c13. The zero-order valence-electron chi connectivity index (χ0n) is 29.9. The molecule has 0 radical (unpaired) electrons. The van der Waals surface area contributed by atoms with Crippen LogP contribution in [-0.2, 0) is 0 Å². The van der Waals surface area contributed by atoms with Crippen LogP contribution in [0.4, 0.5) is 0 Å². The van der Waals surface area contributed by atoms with Crippen molar-refractivity contribution >= 4 is 85.8 Å². The Labute approximate surface area is 325 Å². The molecule has 260 valence electrons. The summed E-state index contributed by atoms with van der Waals surface area (Å²) in [5.74, 6) is 1.94. The minimum atomic E-state index is 0.635. The molecule has 0 aliphatic rings. The van der Waals surface area contributed by atoms with Crippen LogP contribution in [0.3, 0.4) is 0 Å². The Balaban J connectivity index is 1.12. The van der Waals surface area contributed by atoms with Gasteiger partial charge in [0.25, 0.3) is 0 Å². The van der Waals surface area contributed by atoms with Gasteiger partial charge in [-0.2, -0.15) is 0 Å². The molecule has 3 heterocycles. The third-order valence-electron chi connectivity index (χ3n) is 11.1. The number of nitrogens with zero attached hydrogens (tertiary/aromatic N) is 3. The topological polar surface area (TPSA) is 51.8 Å². The zero-order valence-corrected chi connectivity index (χ0v) is 30.7. The molecule has 5 heteroatoms. The molecule has 12 rings (SSSR count). The summed E-state index contributed by atoms with van der Waals surface area (Å²) in [6.07, 6.45) is 0. The molecule has 0 aliphatic heterocycles. The van der Waals surface area contributed by atoms with Crippen molar-refractivity contribution in [2.24, 2.45) is 0 Å². The summed E-state index contributed by atoms with van der Waals surface area (Å²) < 4.78 is 8.95. The molecule has 0 amide bonds. The van der Waals surface area contributed by atoms with Crippen LogP contribution in [0.25, 0.3) is 120 Å². The molecular formula is C51H29N3OS. The fourth-order valence-electron chi connectivity index (χ4n) is 8.58. The summed E-state index contributed by atoms with van der Waals surface area (Å²) >= 11 is 1.80. The smallest absolute Gasteiger partial charge is 0.164 e. The van der Waals surface area contributed by atoms with Crippen molar-refractivity contribution in [2.75, 3.05) is 0 Å². The number of rotatable bonds is 4. The molecule has 0 saturated heterocycles. The van der Waals surface area contributed by atoms with E-state index in [4.69, 9.17) is 19.4 Å². The van der Waals surface area contributed by atoms with E-state index in [9.17, 15) is 0 Å². The second kappa shape index (κ2) is 12.2. The highest BCUT2D eigenvalue weighted by molar-refractivity contribution is 7.25. The van der Waals surface area contributed by atoms with Gasteiger partial charge < -0.3 is 4.42 Å². The van der Waals surface area contributed by atoms with Gasteiger partial charge in [0, 0.05) is 47.6 Å². The van der Waals surface area contributed by atoms with Gasteiger partial charge >= 0.3 is 0 Å². The van der Waals surface area contributed by atoms with E-state index in [1.807, 2.05) is 0 Å². The lowest BCUT2D eigenvalue weighted by molar-refractivity contribution is 0.669. The first-order valence-electron chi connectivity index (χ1n) is 18.8. The van der Waals surface area contributed by atoms with Crippen LogP contribution in [0.1, 0.15) is 0 Å². The predicted octanol–water partition coefficient (Wildman–Crippen LogP) is 14.3. The minimum Gasteiger partial charge on any atom is -0.456 e. The molecule has 0 N–H and O–H groups in total. The molecule has 0 aliphatic carbocycles. The standard InChI is InChI=1S/C51H29N3OS/c1-2-14-32-29-44-42(28-31(32)13-1)47-37(20-10-23-43(47)55-44)36-26-27-39(35-18-6-5-17-34(35)36)50-52-49(38-21-9-15-30-12-3-4-16-33(30)38)53-51(54-50)41-22-11-25-46-48(41)40-19-7-8-24-45(40)56-46/h1-29H. The van der Waals surface area contributed by atoms with Crippen LogP contribution in [0, 0.1) is 0 Å². The molecule has 0 fully saturated rings. The summed E-state index contributed by atoms with van der Waals surface area (Å²) in [6, 6.07) is 62.0. The minimum absolute atomic E-state index is 0.635. The van der Waals surface area contributed by atoms with Crippen molar-refractivity contribution in [3.05, 3.63) is 176 Å². The Hall–Kier alpha value is -7.21. The van der Waals surface area contributed by atoms with Gasteiger partial charge in [0.2, 0.25) is 0 Å². The van der Waals surface area contributed by atoms with Crippen molar-refractivity contribution < 1.29 is 4.42 Å². The van der Waals surface area contributed by atoms with Crippen molar-refractivity contribution in [3.8, 4) is 45.3 Å². The fraction of sp³-hybridized carbons (Fsp3) is 0. The largest absolute Gasteiger partial charge is 0.456 e. The van der Waals surface area contributed by atoms with Crippen LogP contribution in [-0.4, -0.2) is 15.0 Å². The molecule has 56 heavy (non-hydrogen) atoms. The highest BCUT2D eigenvalue weighted by atomic mass is 32.1. The van der Waals surface area contributed by atoms with Crippen molar-refractivity contribution in [2.45, 2.75) is 0 Å². The normalized spacial score (nSPS) is 11.9. The average molecular weight is 732 g/mol. The average Bonchev–Trinajstić information content (AvgIpc) is 3.83. The first-order chi connectivity index (χ1) is 27.7. The molecule has 0 unspecified atom stereocenters. The molecule has 0 atom stereocenters. The molecule has 4 nitrogen and oxygen atoms in total. The number of hydrogen-bond acceptors (Lipinski definition) is 5. The first kappa shape index (κ1) is 31.2. The second-order valence-corrected chi connectivity index (χ2v) is 15.4. The number of aromatic nitrogens is 3. The van der Waals surface area contributed by atoms with E-state index in [0.29, 0.717) is 17.5 Å². The quantitative estimate of drug-likeness (QED) is 0.181. The molecule has 0 saturated carbocycles. The Kier molecular flexibility index (Phi) is 6.76. The third kappa shape index (κ3) is 4.75. The summed E-state index contributed by atoms with van der Waals surface area (Å²) in [5.41, 5.74) is 6.94. The predicted molar refractivity (Wildman–Crippen MR) is 234 cm³/mol. The van der Waals surface area contributed by atoms with E-state index in [1.165, 1.54) is 30.9 Å². The maximum absolute atomic E-state index is 6.49. The van der Waals surface area contributed by atoms with E-state index >= 15 is 0 Å². The monoisotopic (exact) mass is 731 g/mol. The Morgan fingerprint density at radius 3 is 1.68 bits per heavy atom. The number of hydrogen-bond donors (Lipinski definition) is 0. The van der Waals surface area contributed by atoms with Gasteiger partial charge in [0.05, 0.1) is 0 Å². The van der Waals surface area contributed by atoms with Gasteiger partial charge in [-0.1, -0.05) is 140 Å². The summed E-state index contributed by atoms with van der Waals surface area (Å²) in [7, 11) is 0. The molecule has 3 aromatic heterocycles. The highest BCUT2D eigenvalue weighted by Gasteiger charge is 2.21. The molecular weight excluding hydrogens is 703 g/mol. The first-order valence-corrected chi connectivity index (χ1v) is 19.6. The maximum Gasteiger partial charge on any atom is 0.164 e. The molecule has 0 bridgehead atoms. The van der Waals surface area contributed by atoms with E-state index in [2.05, 4.69) is 176 Å². The van der Waals surface area contributed by atoms with Crippen LogP contribution < -0.4 is 0 Å². The van der Waals surface area contributed by atoms with Gasteiger partial charge in [0.1, 0.15) is 11.2 Å². The summed E-state index contributed by atoms with van der Waals surface area (Å²) in [6.45, 7) is 0. The van der Waals surface area contributed by atoms with E-state index in [0.717, 1.165) is 71.3 Å². The van der Waals surface area contributed by atoms with Crippen molar-refractivity contribution in [3.63, 3.8) is 0 Å². The molecule has 0 spiro atoms. The Morgan fingerprint density at radius 1 is 0.321 bits per heavy atom. The van der Waals surface area contributed by atoms with Crippen LogP contribution in [0.2, 0.25) is 0 Å². The van der Waals surface area contributed by atoms with Gasteiger partial charge in [-0.05, 0) is 79.8 Å². The fourth-order valence-corrected chi connectivity index (χ4v) is 9.72. The highest BCUT2D eigenvalue weighted by Crippen LogP contribution is 2.44. The van der Waals surface area contributed by atoms with Gasteiger partial charge in [0.15, 0.2) is 17.5 Å². The van der Waals surface area contributed by atoms with E-state index < -0.39 is 0 Å². The third-order valence-corrected chi connectivity index (χ3v) is 12.3. The number of benzene rings is 9. The lowest BCUT2D eigenvalue weighted by Crippen LogP contribution is -2.01.